The minimum atomic E-state index is 0.247. The molecular formula is C15H23NO. The van der Waals surface area contributed by atoms with E-state index >= 15 is 0 Å². The maximum Gasteiger partial charge on any atom is 0.120 e. The second kappa shape index (κ2) is 4.34. The molecule has 0 amide bonds. The van der Waals surface area contributed by atoms with Crippen molar-refractivity contribution in [2.24, 2.45) is 0 Å². The van der Waals surface area contributed by atoms with Crippen molar-refractivity contribution < 1.29 is 5.11 Å². The predicted octanol–water partition coefficient (Wildman–Crippen LogP) is 3.64. The quantitative estimate of drug-likeness (QED) is 0.843. The molecule has 1 saturated heterocycles. The number of hydrogen-bond donors (Lipinski definition) is 1. The Kier molecular flexibility index (Phi) is 3.17. The smallest absolute Gasteiger partial charge is 0.120 e. The van der Waals surface area contributed by atoms with Gasteiger partial charge in [-0.3, -0.25) is 4.90 Å². The lowest BCUT2D eigenvalue weighted by Crippen LogP contribution is -2.39. The fourth-order valence-electron chi connectivity index (χ4n) is 3.02. The molecule has 94 valence electrons. The molecule has 1 unspecified atom stereocenters. The molecule has 2 rings (SSSR count). The number of phenols is 1. The van der Waals surface area contributed by atoms with Crippen LogP contribution in [0.2, 0.25) is 0 Å². The Labute approximate surface area is 104 Å². The van der Waals surface area contributed by atoms with Gasteiger partial charge in [-0.1, -0.05) is 12.1 Å². The van der Waals surface area contributed by atoms with Crippen molar-refractivity contribution in [3.8, 4) is 5.75 Å². The van der Waals surface area contributed by atoms with E-state index in [0.29, 0.717) is 5.75 Å². The zero-order valence-corrected chi connectivity index (χ0v) is 11.3. The SMILES string of the molecule is Cc1ccc(C(C)N2CCCC2(C)C)c(O)c1. The van der Waals surface area contributed by atoms with Crippen LogP contribution in [0.4, 0.5) is 0 Å². The Morgan fingerprint density at radius 1 is 1.35 bits per heavy atom. The summed E-state index contributed by atoms with van der Waals surface area (Å²) in [5.74, 6) is 0.431. The molecule has 1 aliphatic heterocycles. The summed E-state index contributed by atoms with van der Waals surface area (Å²) < 4.78 is 0. The Morgan fingerprint density at radius 3 is 2.59 bits per heavy atom. The van der Waals surface area contributed by atoms with Gasteiger partial charge in [0, 0.05) is 17.1 Å². The van der Waals surface area contributed by atoms with Crippen molar-refractivity contribution in [3.63, 3.8) is 0 Å². The molecule has 0 saturated carbocycles. The van der Waals surface area contributed by atoms with Crippen LogP contribution in [0.25, 0.3) is 0 Å². The van der Waals surface area contributed by atoms with E-state index < -0.39 is 0 Å². The third-order valence-corrected chi connectivity index (χ3v) is 4.07. The van der Waals surface area contributed by atoms with Gasteiger partial charge in [0.05, 0.1) is 0 Å². The van der Waals surface area contributed by atoms with Gasteiger partial charge in [-0.2, -0.15) is 0 Å². The Hall–Kier alpha value is -1.02. The highest BCUT2D eigenvalue weighted by atomic mass is 16.3. The van der Waals surface area contributed by atoms with E-state index in [4.69, 9.17) is 0 Å². The van der Waals surface area contributed by atoms with E-state index in [1.807, 2.05) is 13.0 Å². The Morgan fingerprint density at radius 2 is 2.06 bits per heavy atom. The first-order valence-electron chi connectivity index (χ1n) is 6.48. The molecule has 1 fully saturated rings. The average Bonchev–Trinajstić information content (AvgIpc) is 2.57. The molecule has 17 heavy (non-hydrogen) atoms. The number of aromatic hydroxyl groups is 1. The zero-order chi connectivity index (χ0) is 12.6. The van der Waals surface area contributed by atoms with Crippen molar-refractivity contribution in [2.45, 2.75) is 52.1 Å². The maximum absolute atomic E-state index is 10.1. The molecule has 0 aliphatic carbocycles. The van der Waals surface area contributed by atoms with Crippen molar-refractivity contribution in [1.29, 1.82) is 0 Å². The van der Waals surface area contributed by atoms with Crippen molar-refractivity contribution in [1.82, 2.24) is 4.90 Å². The van der Waals surface area contributed by atoms with Gasteiger partial charge in [0.2, 0.25) is 0 Å². The summed E-state index contributed by atoms with van der Waals surface area (Å²) in [6, 6.07) is 6.28. The minimum absolute atomic E-state index is 0.247. The van der Waals surface area contributed by atoms with Crippen molar-refractivity contribution >= 4 is 0 Å². The van der Waals surface area contributed by atoms with Crippen LogP contribution < -0.4 is 0 Å². The third kappa shape index (κ3) is 2.32. The molecule has 1 aromatic rings. The second-order valence-corrected chi connectivity index (χ2v) is 5.85. The van der Waals surface area contributed by atoms with Crippen LogP contribution in [0.5, 0.6) is 5.75 Å². The number of benzene rings is 1. The molecule has 1 aromatic carbocycles. The molecule has 0 spiro atoms. The van der Waals surface area contributed by atoms with Gasteiger partial charge < -0.3 is 5.11 Å². The molecule has 1 heterocycles. The summed E-state index contributed by atoms with van der Waals surface area (Å²) in [5, 5.41) is 10.1. The number of nitrogens with zero attached hydrogens (tertiary/aromatic N) is 1. The number of likely N-dealkylation sites (tertiary alicyclic amines) is 1. The third-order valence-electron chi connectivity index (χ3n) is 4.07. The maximum atomic E-state index is 10.1. The zero-order valence-electron chi connectivity index (χ0n) is 11.3. The summed E-state index contributed by atoms with van der Waals surface area (Å²) in [4.78, 5) is 2.50. The molecule has 1 aliphatic rings. The first-order chi connectivity index (χ1) is 7.92. The van der Waals surface area contributed by atoms with Crippen LogP contribution in [-0.2, 0) is 0 Å². The first-order valence-corrected chi connectivity index (χ1v) is 6.48. The van der Waals surface area contributed by atoms with E-state index in [9.17, 15) is 5.11 Å². The highest BCUT2D eigenvalue weighted by molar-refractivity contribution is 5.38. The van der Waals surface area contributed by atoms with Crippen LogP contribution in [0.1, 0.15) is 50.8 Å². The molecule has 1 atom stereocenters. The van der Waals surface area contributed by atoms with E-state index in [1.54, 1.807) is 0 Å². The summed E-state index contributed by atoms with van der Waals surface area (Å²) in [5.41, 5.74) is 2.40. The van der Waals surface area contributed by atoms with Crippen LogP contribution in [0.3, 0.4) is 0 Å². The Bertz CT molecular complexity index is 411. The molecular weight excluding hydrogens is 210 g/mol. The predicted molar refractivity (Wildman–Crippen MR) is 71.3 cm³/mol. The highest BCUT2D eigenvalue weighted by Crippen LogP contribution is 2.38. The topological polar surface area (TPSA) is 23.5 Å². The summed E-state index contributed by atoms with van der Waals surface area (Å²) in [6.45, 7) is 9.91. The number of rotatable bonds is 2. The van der Waals surface area contributed by atoms with Crippen molar-refractivity contribution in [2.75, 3.05) is 6.54 Å². The molecule has 2 nitrogen and oxygen atoms in total. The highest BCUT2D eigenvalue weighted by Gasteiger charge is 2.36. The number of aryl methyl sites for hydroxylation is 1. The van der Waals surface area contributed by atoms with Crippen LogP contribution >= 0.6 is 0 Å². The summed E-state index contributed by atoms with van der Waals surface area (Å²) >= 11 is 0. The van der Waals surface area contributed by atoms with Crippen LogP contribution in [0, 0.1) is 6.92 Å². The molecule has 2 heteroatoms. The van der Waals surface area contributed by atoms with Gasteiger partial charge in [-0.25, -0.2) is 0 Å². The van der Waals surface area contributed by atoms with E-state index in [1.165, 1.54) is 12.8 Å². The fourth-order valence-corrected chi connectivity index (χ4v) is 3.02. The molecule has 1 N–H and O–H groups in total. The van der Waals surface area contributed by atoms with E-state index in [0.717, 1.165) is 17.7 Å². The van der Waals surface area contributed by atoms with Gasteiger partial charge in [0.1, 0.15) is 5.75 Å². The van der Waals surface area contributed by atoms with Gasteiger partial charge in [-0.05, 0) is 58.7 Å². The second-order valence-electron chi connectivity index (χ2n) is 5.85. The van der Waals surface area contributed by atoms with E-state index in [2.05, 4.69) is 37.8 Å². The minimum Gasteiger partial charge on any atom is -0.508 e. The standard InChI is InChI=1S/C15H23NO/c1-11-6-7-13(14(17)10-11)12(2)16-9-5-8-15(16,3)4/h6-7,10,12,17H,5,8-9H2,1-4H3. The Balaban J connectivity index is 2.28. The molecule has 0 bridgehead atoms. The summed E-state index contributed by atoms with van der Waals surface area (Å²) in [6.07, 6.45) is 2.49. The normalized spacial score (nSPS) is 21.6. The van der Waals surface area contributed by atoms with Gasteiger partial charge in [-0.15, -0.1) is 0 Å². The number of phenolic OH excluding ortho intramolecular Hbond substituents is 1. The average molecular weight is 233 g/mol. The summed E-state index contributed by atoms with van der Waals surface area (Å²) in [7, 11) is 0. The fraction of sp³-hybridized carbons (Fsp3) is 0.600. The lowest BCUT2D eigenvalue weighted by atomic mass is 9.97. The molecule has 0 aromatic heterocycles. The first kappa shape index (κ1) is 12.4. The van der Waals surface area contributed by atoms with Crippen molar-refractivity contribution in [3.05, 3.63) is 29.3 Å². The lowest BCUT2D eigenvalue weighted by Gasteiger charge is -2.37. The van der Waals surface area contributed by atoms with E-state index in [-0.39, 0.29) is 11.6 Å². The van der Waals surface area contributed by atoms with Crippen LogP contribution in [-0.4, -0.2) is 22.1 Å². The number of hydrogen-bond acceptors (Lipinski definition) is 2. The monoisotopic (exact) mass is 233 g/mol. The largest absolute Gasteiger partial charge is 0.508 e. The van der Waals surface area contributed by atoms with Gasteiger partial charge in [0.15, 0.2) is 0 Å². The lowest BCUT2D eigenvalue weighted by molar-refractivity contribution is 0.123. The molecule has 0 radical (unpaired) electrons. The van der Waals surface area contributed by atoms with Gasteiger partial charge >= 0.3 is 0 Å². The van der Waals surface area contributed by atoms with Gasteiger partial charge in [0.25, 0.3) is 0 Å². The van der Waals surface area contributed by atoms with Crippen LogP contribution in [0.15, 0.2) is 18.2 Å².